The summed E-state index contributed by atoms with van der Waals surface area (Å²) in [4.78, 5) is 0.0547. The van der Waals surface area contributed by atoms with Gasteiger partial charge in [0.1, 0.15) is 0 Å². The van der Waals surface area contributed by atoms with Crippen LogP contribution in [-0.4, -0.2) is 25.7 Å². The Kier molecular flexibility index (Phi) is 4.19. The Labute approximate surface area is 109 Å². The highest BCUT2D eigenvalue weighted by molar-refractivity contribution is 9.10. The summed E-state index contributed by atoms with van der Waals surface area (Å²) < 4.78 is 26.9. The summed E-state index contributed by atoms with van der Waals surface area (Å²) in [5, 5.41) is 9.06. The number of sulfonamides is 1. The van der Waals surface area contributed by atoms with E-state index in [2.05, 4.69) is 20.7 Å². The lowest BCUT2D eigenvalue weighted by Crippen LogP contribution is -2.46. The summed E-state index contributed by atoms with van der Waals surface area (Å²) in [6.45, 7) is 2.88. The van der Waals surface area contributed by atoms with Crippen molar-refractivity contribution in [2.24, 2.45) is 0 Å². The van der Waals surface area contributed by atoms with Crippen molar-refractivity contribution < 1.29 is 13.5 Å². The second-order valence-electron chi connectivity index (χ2n) is 4.31. The first-order valence-corrected chi connectivity index (χ1v) is 7.16. The SMILES string of the molecule is CC(C)(CO)NS(=O)(=O)c1cccc(N)c1Br. The average Bonchev–Trinajstić information content (AvgIpc) is 2.20. The maximum absolute atomic E-state index is 12.1. The summed E-state index contributed by atoms with van der Waals surface area (Å²) in [7, 11) is -3.72. The molecule has 1 aromatic rings. The number of hydrogen-bond donors (Lipinski definition) is 3. The summed E-state index contributed by atoms with van der Waals surface area (Å²) in [5.74, 6) is 0. The van der Waals surface area contributed by atoms with E-state index in [0.29, 0.717) is 10.2 Å². The molecule has 5 nitrogen and oxygen atoms in total. The standard InChI is InChI=1S/C10H15BrN2O3S/c1-10(2,6-14)13-17(15,16)8-5-3-4-7(12)9(8)11/h3-5,13-14H,6,12H2,1-2H3. The molecule has 96 valence electrons. The van der Waals surface area contributed by atoms with Crippen molar-refractivity contribution in [3.63, 3.8) is 0 Å². The number of aliphatic hydroxyl groups excluding tert-OH is 1. The van der Waals surface area contributed by atoms with Gasteiger partial charge in [0.25, 0.3) is 0 Å². The number of benzene rings is 1. The van der Waals surface area contributed by atoms with Gasteiger partial charge in [0.05, 0.1) is 21.5 Å². The molecule has 0 atom stereocenters. The minimum absolute atomic E-state index is 0.0547. The predicted octanol–water partition coefficient (Wildman–Crippen LogP) is 1.08. The van der Waals surface area contributed by atoms with E-state index in [1.807, 2.05) is 0 Å². The molecule has 7 heteroatoms. The lowest BCUT2D eigenvalue weighted by Gasteiger charge is -2.23. The zero-order valence-electron chi connectivity index (χ0n) is 9.57. The van der Waals surface area contributed by atoms with Crippen molar-refractivity contribution in [3.05, 3.63) is 22.7 Å². The lowest BCUT2D eigenvalue weighted by atomic mass is 10.1. The highest BCUT2D eigenvalue weighted by Gasteiger charge is 2.27. The minimum Gasteiger partial charge on any atom is -0.398 e. The second-order valence-corrected chi connectivity index (χ2v) is 6.75. The molecule has 0 heterocycles. The van der Waals surface area contributed by atoms with E-state index in [1.54, 1.807) is 26.0 Å². The highest BCUT2D eigenvalue weighted by Crippen LogP contribution is 2.28. The van der Waals surface area contributed by atoms with Crippen LogP contribution >= 0.6 is 15.9 Å². The summed E-state index contributed by atoms with van der Waals surface area (Å²) in [5.41, 5.74) is 5.04. The van der Waals surface area contributed by atoms with Crippen molar-refractivity contribution in [3.8, 4) is 0 Å². The van der Waals surface area contributed by atoms with Crippen LogP contribution in [0.2, 0.25) is 0 Å². The van der Waals surface area contributed by atoms with Gasteiger partial charge in [-0.15, -0.1) is 0 Å². The van der Waals surface area contributed by atoms with Crippen LogP contribution in [0.25, 0.3) is 0 Å². The summed E-state index contributed by atoms with van der Waals surface area (Å²) in [6, 6.07) is 4.59. The zero-order valence-corrected chi connectivity index (χ0v) is 12.0. The molecule has 0 amide bonds. The Morgan fingerprint density at radius 1 is 1.47 bits per heavy atom. The number of hydrogen-bond acceptors (Lipinski definition) is 4. The molecule has 0 saturated heterocycles. The molecule has 0 saturated carbocycles. The number of halogens is 1. The third-order valence-corrected chi connectivity index (χ3v) is 4.98. The molecule has 0 aliphatic rings. The van der Waals surface area contributed by atoms with E-state index in [-0.39, 0.29) is 11.5 Å². The molecule has 0 aromatic heterocycles. The number of rotatable bonds is 4. The van der Waals surface area contributed by atoms with E-state index in [0.717, 1.165) is 0 Å². The lowest BCUT2D eigenvalue weighted by molar-refractivity contribution is 0.208. The van der Waals surface area contributed by atoms with E-state index < -0.39 is 15.6 Å². The Morgan fingerprint density at radius 3 is 2.59 bits per heavy atom. The van der Waals surface area contributed by atoms with Crippen LogP contribution in [0, 0.1) is 0 Å². The van der Waals surface area contributed by atoms with Crippen LogP contribution < -0.4 is 10.5 Å². The third-order valence-electron chi connectivity index (χ3n) is 2.09. The monoisotopic (exact) mass is 322 g/mol. The van der Waals surface area contributed by atoms with Gasteiger partial charge in [0.2, 0.25) is 10.0 Å². The van der Waals surface area contributed by atoms with Crippen molar-refractivity contribution >= 4 is 31.6 Å². The Morgan fingerprint density at radius 2 is 2.06 bits per heavy atom. The maximum Gasteiger partial charge on any atom is 0.242 e. The Bertz CT molecular complexity index is 514. The van der Waals surface area contributed by atoms with Crippen LogP contribution in [-0.2, 0) is 10.0 Å². The van der Waals surface area contributed by atoms with Gasteiger partial charge in [-0.3, -0.25) is 0 Å². The molecule has 17 heavy (non-hydrogen) atoms. The van der Waals surface area contributed by atoms with Crippen LogP contribution in [0.5, 0.6) is 0 Å². The molecule has 0 radical (unpaired) electrons. The fourth-order valence-electron chi connectivity index (χ4n) is 1.19. The van der Waals surface area contributed by atoms with E-state index >= 15 is 0 Å². The van der Waals surface area contributed by atoms with Gasteiger partial charge >= 0.3 is 0 Å². The molecule has 0 fully saturated rings. The molecule has 0 aliphatic carbocycles. The molecular formula is C10H15BrN2O3S. The van der Waals surface area contributed by atoms with Crippen molar-refractivity contribution in [2.75, 3.05) is 12.3 Å². The van der Waals surface area contributed by atoms with E-state index in [1.165, 1.54) is 6.07 Å². The number of nitrogen functional groups attached to an aromatic ring is 1. The molecule has 4 N–H and O–H groups in total. The topological polar surface area (TPSA) is 92.4 Å². The first-order chi connectivity index (χ1) is 7.69. The van der Waals surface area contributed by atoms with Gasteiger partial charge in [-0.1, -0.05) is 6.07 Å². The Hall–Kier alpha value is -0.630. The molecule has 0 bridgehead atoms. The van der Waals surface area contributed by atoms with Gasteiger partial charge in [0.15, 0.2) is 0 Å². The van der Waals surface area contributed by atoms with Crippen molar-refractivity contribution in [1.82, 2.24) is 4.72 Å². The first kappa shape index (κ1) is 14.4. The van der Waals surface area contributed by atoms with Gasteiger partial charge in [-0.2, -0.15) is 0 Å². The minimum atomic E-state index is -3.72. The predicted molar refractivity (Wildman–Crippen MR) is 70.0 cm³/mol. The number of nitrogens with one attached hydrogen (secondary N) is 1. The van der Waals surface area contributed by atoms with Crippen molar-refractivity contribution in [1.29, 1.82) is 0 Å². The number of nitrogens with two attached hydrogens (primary N) is 1. The van der Waals surface area contributed by atoms with Gasteiger partial charge in [-0.05, 0) is 41.9 Å². The molecule has 1 rings (SSSR count). The van der Waals surface area contributed by atoms with Crippen LogP contribution in [0.15, 0.2) is 27.6 Å². The van der Waals surface area contributed by atoms with Crippen molar-refractivity contribution in [2.45, 2.75) is 24.3 Å². The zero-order chi connectivity index (χ0) is 13.3. The van der Waals surface area contributed by atoms with Crippen LogP contribution in [0.4, 0.5) is 5.69 Å². The van der Waals surface area contributed by atoms with E-state index in [4.69, 9.17) is 10.8 Å². The van der Waals surface area contributed by atoms with Crippen LogP contribution in [0.1, 0.15) is 13.8 Å². The largest absolute Gasteiger partial charge is 0.398 e. The van der Waals surface area contributed by atoms with Crippen LogP contribution in [0.3, 0.4) is 0 Å². The molecular weight excluding hydrogens is 308 g/mol. The number of aliphatic hydroxyl groups is 1. The fraction of sp³-hybridized carbons (Fsp3) is 0.400. The van der Waals surface area contributed by atoms with Gasteiger partial charge in [0, 0.05) is 5.69 Å². The van der Waals surface area contributed by atoms with Gasteiger partial charge in [-0.25, -0.2) is 13.1 Å². The normalized spacial score (nSPS) is 12.7. The van der Waals surface area contributed by atoms with E-state index in [9.17, 15) is 8.42 Å². The van der Waals surface area contributed by atoms with Gasteiger partial charge < -0.3 is 10.8 Å². The number of anilines is 1. The molecule has 1 aromatic carbocycles. The first-order valence-electron chi connectivity index (χ1n) is 4.88. The smallest absolute Gasteiger partial charge is 0.242 e. The maximum atomic E-state index is 12.1. The third kappa shape index (κ3) is 3.41. The Balaban J connectivity index is 3.19. The summed E-state index contributed by atoms with van der Waals surface area (Å²) in [6.07, 6.45) is 0. The fourth-order valence-corrected chi connectivity index (χ4v) is 3.60. The quantitative estimate of drug-likeness (QED) is 0.723. The average molecular weight is 323 g/mol. The molecule has 0 spiro atoms. The second kappa shape index (κ2) is 4.93. The molecule has 0 unspecified atom stereocenters. The highest BCUT2D eigenvalue weighted by atomic mass is 79.9. The summed E-state index contributed by atoms with van der Waals surface area (Å²) >= 11 is 3.14. The molecule has 0 aliphatic heterocycles.